The van der Waals surface area contributed by atoms with Crippen molar-refractivity contribution in [3.63, 3.8) is 0 Å². The monoisotopic (exact) mass is 288 g/mol. The standard InChI is InChI=1S/C16H14ClFN2/c17-13-4-1-2-6-15(13)19-9-11-20-10-8-12-14(18)5-3-7-16(12)20/h1-8,10,19H,9,11H2. The molecule has 0 atom stereocenters. The Bertz CT molecular complexity index is 736. The van der Waals surface area contributed by atoms with Gasteiger partial charge in [-0.15, -0.1) is 0 Å². The van der Waals surface area contributed by atoms with Crippen LogP contribution in [0.3, 0.4) is 0 Å². The van der Waals surface area contributed by atoms with E-state index < -0.39 is 0 Å². The maximum atomic E-state index is 13.6. The van der Waals surface area contributed by atoms with E-state index in [1.54, 1.807) is 12.1 Å². The molecule has 0 radical (unpaired) electrons. The van der Waals surface area contributed by atoms with Gasteiger partial charge in [0.1, 0.15) is 5.82 Å². The molecule has 2 nitrogen and oxygen atoms in total. The number of anilines is 1. The average molecular weight is 289 g/mol. The lowest BCUT2D eigenvalue weighted by molar-refractivity contribution is 0.639. The Kier molecular flexibility index (Phi) is 3.61. The minimum Gasteiger partial charge on any atom is -0.382 e. The van der Waals surface area contributed by atoms with E-state index in [1.165, 1.54) is 6.07 Å². The van der Waals surface area contributed by atoms with Crippen LogP contribution in [0.5, 0.6) is 0 Å². The van der Waals surface area contributed by atoms with Crippen molar-refractivity contribution in [3.05, 3.63) is 65.6 Å². The molecule has 0 saturated carbocycles. The smallest absolute Gasteiger partial charge is 0.132 e. The molecule has 102 valence electrons. The number of halogens is 2. The van der Waals surface area contributed by atoms with E-state index in [9.17, 15) is 4.39 Å². The lowest BCUT2D eigenvalue weighted by Gasteiger charge is -2.09. The number of nitrogens with zero attached hydrogens (tertiary/aromatic N) is 1. The highest BCUT2D eigenvalue weighted by molar-refractivity contribution is 6.33. The number of para-hydroxylation sites is 1. The van der Waals surface area contributed by atoms with Crippen LogP contribution in [0.2, 0.25) is 5.02 Å². The van der Waals surface area contributed by atoms with Crippen LogP contribution in [0.1, 0.15) is 0 Å². The Morgan fingerprint density at radius 3 is 2.75 bits per heavy atom. The lowest BCUT2D eigenvalue weighted by atomic mass is 10.2. The summed E-state index contributed by atoms with van der Waals surface area (Å²) in [6.45, 7) is 1.47. The van der Waals surface area contributed by atoms with E-state index in [0.717, 1.165) is 24.3 Å². The van der Waals surface area contributed by atoms with E-state index >= 15 is 0 Å². The summed E-state index contributed by atoms with van der Waals surface area (Å²) >= 11 is 6.08. The zero-order chi connectivity index (χ0) is 13.9. The molecule has 0 aliphatic carbocycles. The van der Waals surface area contributed by atoms with E-state index in [-0.39, 0.29) is 5.82 Å². The largest absolute Gasteiger partial charge is 0.382 e. The van der Waals surface area contributed by atoms with Gasteiger partial charge in [-0.2, -0.15) is 0 Å². The molecule has 0 aliphatic rings. The van der Waals surface area contributed by atoms with Gasteiger partial charge in [0.2, 0.25) is 0 Å². The van der Waals surface area contributed by atoms with Crippen LogP contribution in [0, 0.1) is 5.82 Å². The van der Waals surface area contributed by atoms with Crippen molar-refractivity contribution >= 4 is 28.2 Å². The highest BCUT2D eigenvalue weighted by atomic mass is 35.5. The summed E-state index contributed by atoms with van der Waals surface area (Å²) in [6, 6.07) is 14.6. The molecule has 0 amide bonds. The molecule has 0 unspecified atom stereocenters. The quantitative estimate of drug-likeness (QED) is 0.745. The molecular formula is C16H14ClFN2. The molecule has 0 bridgehead atoms. The Morgan fingerprint density at radius 1 is 1.05 bits per heavy atom. The summed E-state index contributed by atoms with van der Waals surface area (Å²) in [5.41, 5.74) is 1.82. The van der Waals surface area contributed by atoms with Crippen LogP contribution in [-0.2, 0) is 6.54 Å². The van der Waals surface area contributed by atoms with Crippen molar-refractivity contribution in [2.45, 2.75) is 6.54 Å². The van der Waals surface area contributed by atoms with Crippen LogP contribution in [0.25, 0.3) is 10.9 Å². The van der Waals surface area contributed by atoms with Gasteiger partial charge in [-0.05, 0) is 30.3 Å². The van der Waals surface area contributed by atoms with Crippen LogP contribution >= 0.6 is 11.6 Å². The highest BCUT2D eigenvalue weighted by Gasteiger charge is 2.05. The molecule has 3 aromatic rings. The van der Waals surface area contributed by atoms with Crippen molar-refractivity contribution in [2.24, 2.45) is 0 Å². The molecule has 2 aromatic carbocycles. The van der Waals surface area contributed by atoms with Crippen LogP contribution in [0.4, 0.5) is 10.1 Å². The first kappa shape index (κ1) is 13.0. The van der Waals surface area contributed by atoms with Crippen molar-refractivity contribution in [2.75, 3.05) is 11.9 Å². The molecule has 1 aromatic heterocycles. The second-order valence-electron chi connectivity index (χ2n) is 4.59. The van der Waals surface area contributed by atoms with Gasteiger partial charge in [-0.3, -0.25) is 0 Å². The van der Waals surface area contributed by atoms with E-state index in [1.807, 2.05) is 41.1 Å². The summed E-state index contributed by atoms with van der Waals surface area (Å²) in [5.74, 6) is -0.180. The number of hydrogen-bond donors (Lipinski definition) is 1. The first-order chi connectivity index (χ1) is 9.75. The molecule has 1 N–H and O–H groups in total. The summed E-state index contributed by atoms with van der Waals surface area (Å²) in [5, 5.41) is 4.65. The molecule has 4 heteroatoms. The SMILES string of the molecule is Fc1cccc2c1ccn2CCNc1ccccc1Cl. The third-order valence-corrected chi connectivity index (χ3v) is 3.63. The van der Waals surface area contributed by atoms with Gasteiger partial charge < -0.3 is 9.88 Å². The van der Waals surface area contributed by atoms with E-state index in [2.05, 4.69) is 5.32 Å². The normalized spacial score (nSPS) is 10.9. The zero-order valence-corrected chi connectivity index (χ0v) is 11.6. The average Bonchev–Trinajstić information content (AvgIpc) is 2.86. The number of fused-ring (bicyclic) bond motifs is 1. The zero-order valence-electron chi connectivity index (χ0n) is 10.8. The number of aromatic nitrogens is 1. The topological polar surface area (TPSA) is 17.0 Å². The fraction of sp³-hybridized carbons (Fsp3) is 0.125. The second kappa shape index (κ2) is 5.55. The van der Waals surface area contributed by atoms with Crippen LogP contribution in [0.15, 0.2) is 54.7 Å². The summed E-state index contributed by atoms with van der Waals surface area (Å²) in [6.07, 6.45) is 1.90. The van der Waals surface area contributed by atoms with Crippen molar-refractivity contribution in [1.82, 2.24) is 4.57 Å². The van der Waals surface area contributed by atoms with E-state index in [4.69, 9.17) is 11.6 Å². The Balaban J connectivity index is 1.72. The Labute approximate surface area is 121 Å². The second-order valence-corrected chi connectivity index (χ2v) is 5.00. The van der Waals surface area contributed by atoms with Gasteiger partial charge in [0, 0.05) is 24.7 Å². The summed E-state index contributed by atoms with van der Waals surface area (Å²) < 4.78 is 15.6. The molecule has 0 aliphatic heterocycles. The van der Waals surface area contributed by atoms with Crippen molar-refractivity contribution in [1.29, 1.82) is 0 Å². The maximum Gasteiger partial charge on any atom is 0.132 e. The maximum absolute atomic E-state index is 13.6. The predicted molar refractivity (Wildman–Crippen MR) is 81.8 cm³/mol. The Morgan fingerprint density at radius 2 is 1.90 bits per heavy atom. The van der Waals surface area contributed by atoms with Gasteiger partial charge in [-0.25, -0.2) is 4.39 Å². The van der Waals surface area contributed by atoms with Gasteiger partial charge in [0.05, 0.1) is 16.2 Å². The van der Waals surface area contributed by atoms with Crippen LogP contribution < -0.4 is 5.32 Å². The van der Waals surface area contributed by atoms with Gasteiger partial charge in [0.25, 0.3) is 0 Å². The third kappa shape index (κ3) is 2.49. The van der Waals surface area contributed by atoms with Gasteiger partial charge in [-0.1, -0.05) is 29.8 Å². The predicted octanol–water partition coefficient (Wildman–Crippen LogP) is 4.55. The van der Waals surface area contributed by atoms with Crippen LogP contribution in [-0.4, -0.2) is 11.1 Å². The molecule has 0 fully saturated rings. The third-order valence-electron chi connectivity index (χ3n) is 3.30. The minimum atomic E-state index is -0.180. The number of rotatable bonds is 4. The lowest BCUT2D eigenvalue weighted by Crippen LogP contribution is -2.09. The molecule has 0 saturated heterocycles. The first-order valence-electron chi connectivity index (χ1n) is 6.47. The molecule has 3 rings (SSSR count). The minimum absolute atomic E-state index is 0.180. The molecule has 20 heavy (non-hydrogen) atoms. The van der Waals surface area contributed by atoms with Crippen molar-refractivity contribution < 1.29 is 4.39 Å². The molecular weight excluding hydrogens is 275 g/mol. The van der Waals surface area contributed by atoms with Gasteiger partial charge >= 0.3 is 0 Å². The fourth-order valence-corrected chi connectivity index (χ4v) is 2.50. The number of benzene rings is 2. The Hall–Kier alpha value is -2.00. The first-order valence-corrected chi connectivity index (χ1v) is 6.85. The van der Waals surface area contributed by atoms with Gasteiger partial charge in [0.15, 0.2) is 0 Å². The highest BCUT2D eigenvalue weighted by Crippen LogP contribution is 2.21. The van der Waals surface area contributed by atoms with Crippen molar-refractivity contribution in [3.8, 4) is 0 Å². The summed E-state index contributed by atoms with van der Waals surface area (Å²) in [7, 11) is 0. The fourth-order valence-electron chi connectivity index (χ4n) is 2.30. The number of hydrogen-bond acceptors (Lipinski definition) is 1. The van der Waals surface area contributed by atoms with E-state index in [0.29, 0.717) is 10.4 Å². The summed E-state index contributed by atoms with van der Waals surface area (Å²) in [4.78, 5) is 0. The molecule has 1 heterocycles. The molecule has 0 spiro atoms. The number of nitrogens with one attached hydrogen (secondary N) is 1.